The third-order valence-corrected chi connectivity index (χ3v) is 2.49. The van der Waals surface area contributed by atoms with Gasteiger partial charge in [0.1, 0.15) is 17.5 Å². The number of aromatic nitrogens is 4. The van der Waals surface area contributed by atoms with Crippen molar-refractivity contribution in [3.63, 3.8) is 0 Å². The molecule has 0 amide bonds. The maximum absolute atomic E-state index is 4.68. The van der Waals surface area contributed by atoms with Crippen molar-refractivity contribution < 1.29 is 4.52 Å². The first-order valence-electron chi connectivity index (χ1n) is 6.05. The zero-order valence-corrected chi connectivity index (χ0v) is 11.6. The first kappa shape index (κ1) is 13.3. The first-order valence-corrected chi connectivity index (χ1v) is 6.05. The molecule has 0 aliphatic rings. The molecule has 19 heavy (non-hydrogen) atoms. The second kappa shape index (κ2) is 5.21. The van der Waals surface area contributed by atoms with E-state index in [9.17, 15) is 0 Å². The van der Waals surface area contributed by atoms with E-state index in [1.165, 1.54) is 6.39 Å². The second-order valence-corrected chi connectivity index (χ2v) is 5.16. The molecule has 2 heterocycles. The van der Waals surface area contributed by atoms with Crippen LogP contribution in [0.3, 0.4) is 0 Å². The largest absolute Gasteiger partial charge is 0.373 e. The van der Waals surface area contributed by atoms with Crippen molar-refractivity contribution >= 4 is 11.6 Å². The van der Waals surface area contributed by atoms with Crippen molar-refractivity contribution in [2.45, 2.75) is 32.7 Å². The van der Waals surface area contributed by atoms with Gasteiger partial charge in [-0.25, -0.2) is 9.97 Å². The van der Waals surface area contributed by atoms with Crippen molar-refractivity contribution in [1.29, 1.82) is 0 Å². The number of nitrogens with one attached hydrogen (secondary N) is 2. The zero-order valence-electron chi connectivity index (χ0n) is 11.6. The number of hydrogen-bond acceptors (Lipinski definition) is 7. The van der Waals surface area contributed by atoms with Gasteiger partial charge < -0.3 is 15.2 Å². The predicted molar refractivity (Wildman–Crippen MR) is 71.9 cm³/mol. The van der Waals surface area contributed by atoms with E-state index in [0.29, 0.717) is 12.4 Å². The highest BCUT2D eigenvalue weighted by Crippen LogP contribution is 2.22. The van der Waals surface area contributed by atoms with Crippen LogP contribution in [0.15, 0.2) is 17.0 Å². The Bertz CT molecular complexity index is 532. The molecule has 0 unspecified atom stereocenters. The topological polar surface area (TPSA) is 88.8 Å². The van der Waals surface area contributed by atoms with Gasteiger partial charge in [-0.05, 0) is 0 Å². The fourth-order valence-corrected chi connectivity index (χ4v) is 1.44. The van der Waals surface area contributed by atoms with Gasteiger partial charge in [0.15, 0.2) is 5.82 Å². The fraction of sp³-hybridized carbons (Fsp3) is 0.500. The molecule has 0 radical (unpaired) electrons. The monoisotopic (exact) mass is 262 g/mol. The summed E-state index contributed by atoms with van der Waals surface area (Å²) in [7, 11) is 1.83. The summed E-state index contributed by atoms with van der Waals surface area (Å²) in [5, 5.41) is 9.93. The molecule has 2 rings (SSSR count). The average molecular weight is 262 g/mol. The Kier molecular flexibility index (Phi) is 3.64. The quantitative estimate of drug-likeness (QED) is 0.868. The van der Waals surface area contributed by atoms with Crippen LogP contribution in [0.4, 0.5) is 11.6 Å². The van der Waals surface area contributed by atoms with Crippen LogP contribution in [0.2, 0.25) is 0 Å². The lowest BCUT2D eigenvalue weighted by Crippen LogP contribution is -2.18. The first-order chi connectivity index (χ1) is 8.99. The van der Waals surface area contributed by atoms with Crippen molar-refractivity contribution in [2.75, 3.05) is 17.7 Å². The summed E-state index contributed by atoms with van der Waals surface area (Å²) in [5.74, 6) is 2.86. The number of hydrogen-bond donors (Lipinski definition) is 2. The lowest BCUT2D eigenvalue weighted by Gasteiger charge is -2.18. The third kappa shape index (κ3) is 3.40. The third-order valence-electron chi connectivity index (χ3n) is 2.49. The molecular formula is C12H18N6O. The standard InChI is InChI=1S/C12H18N6O/c1-12(2,3)11-16-8(13-4)5-9(17-11)14-6-10-15-7-19-18-10/h5,7H,6H2,1-4H3,(H2,13,14,16,17). The van der Waals surface area contributed by atoms with Gasteiger partial charge >= 0.3 is 0 Å². The minimum absolute atomic E-state index is 0.116. The Labute approximate surface area is 111 Å². The molecule has 2 aromatic heterocycles. The molecule has 2 N–H and O–H groups in total. The van der Waals surface area contributed by atoms with Crippen LogP contribution in [0.25, 0.3) is 0 Å². The molecule has 0 saturated heterocycles. The summed E-state index contributed by atoms with van der Waals surface area (Å²) in [5.41, 5.74) is -0.116. The van der Waals surface area contributed by atoms with Crippen molar-refractivity contribution in [3.8, 4) is 0 Å². The highest BCUT2D eigenvalue weighted by Gasteiger charge is 2.19. The maximum atomic E-state index is 4.68. The summed E-state index contributed by atoms with van der Waals surface area (Å²) in [6, 6.07) is 1.84. The van der Waals surface area contributed by atoms with Crippen LogP contribution in [0, 0.1) is 0 Å². The van der Waals surface area contributed by atoms with Crippen LogP contribution in [-0.2, 0) is 12.0 Å². The summed E-state index contributed by atoms with van der Waals surface area (Å²) in [4.78, 5) is 12.9. The van der Waals surface area contributed by atoms with Gasteiger partial charge in [-0.2, -0.15) is 4.98 Å². The fourth-order valence-electron chi connectivity index (χ4n) is 1.44. The average Bonchev–Trinajstić information content (AvgIpc) is 2.88. The molecule has 0 fully saturated rings. The summed E-state index contributed by atoms with van der Waals surface area (Å²) >= 11 is 0. The van der Waals surface area contributed by atoms with Crippen LogP contribution in [0.5, 0.6) is 0 Å². The number of anilines is 2. The molecule has 0 aromatic carbocycles. The molecule has 0 atom stereocenters. The highest BCUT2D eigenvalue weighted by atomic mass is 16.5. The summed E-state index contributed by atoms with van der Waals surface area (Å²) in [6.07, 6.45) is 1.30. The van der Waals surface area contributed by atoms with E-state index in [1.54, 1.807) is 0 Å². The van der Waals surface area contributed by atoms with Gasteiger partial charge in [0.2, 0.25) is 6.39 Å². The summed E-state index contributed by atoms with van der Waals surface area (Å²) < 4.78 is 4.68. The van der Waals surface area contributed by atoms with E-state index in [-0.39, 0.29) is 5.41 Å². The van der Waals surface area contributed by atoms with Gasteiger partial charge in [-0.1, -0.05) is 25.9 Å². The van der Waals surface area contributed by atoms with E-state index in [1.807, 2.05) is 13.1 Å². The van der Waals surface area contributed by atoms with E-state index < -0.39 is 0 Å². The van der Waals surface area contributed by atoms with Gasteiger partial charge in [-0.3, -0.25) is 0 Å². The van der Waals surface area contributed by atoms with Crippen molar-refractivity contribution in [1.82, 2.24) is 20.1 Å². The van der Waals surface area contributed by atoms with E-state index in [4.69, 9.17) is 0 Å². The Morgan fingerprint density at radius 1 is 1.21 bits per heavy atom. The van der Waals surface area contributed by atoms with Crippen LogP contribution in [0.1, 0.15) is 32.4 Å². The second-order valence-electron chi connectivity index (χ2n) is 5.16. The van der Waals surface area contributed by atoms with Crippen LogP contribution in [-0.4, -0.2) is 27.2 Å². The van der Waals surface area contributed by atoms with Crippen molar-refractivity contribution in [2.24, 2.45) is 0 Å². The molecule has 102 valence electrons. The Hall–Kier alpha value is -2.18. The van der Waals surface area contributed by atoms with E-state index in [0.717, 1.165) is 17.5 Å². The van der Waals surface area contributed by atoms with Crippen molar-refractivity contribution in [3.05, 3.63) is 24.1 Å². The Morgan fingerprint density at radius 2 is 1.95 bits per heavy atom. The van der Waals surface area contributed by atoms with Crippen LogP contribution < -0.4 is 10.6 Å². The number of nitrogens with zero attached hydrogens (tertiary/aromatic N) is 4. The molecule has 0 spiro atoms. The minimum atomic E-state index is -0.116. The van der Waals surface area contributed by atoms with Gasteiger partial charge in [-0.15, -0.1) is 0 Å². The Balaban J connectivity index is 2.19. The number of rotatable bonds is 4. The zero-order chi connectivity index (χ0) is 13.9. The molecule has 0 bridgehead atoms. The SMILES string of the molecule is CNc1cc(NCc2ncon2)nc(C(C)(C)C)n1. The molecule has 0 saturated carbocycles. The minimum Gasteiger partial charge on any atom is -0.373 e. The molecular weight excluding hydrogens is 244 g/mol. The molecule has 7 nitrogen and oxygen atoms in total. The summed E-state index contributed by atoms with van der Waals surface area (Å²) in [6.45, 7) is 6.68. The molecule has 2 aromatic rings. The van der Waals surface area contributed by atoms with Gasteiger partial charge in [0.05, 0.1) is 6.54 Å². The molecule has 0 aliphatic heterocycles. The smallest absolute Gasteiger partial charge is 0.213 e. The molecule has 7 heteroatoms. The van der Waals surface area contributed by atoms with E-state index >= 15 is 0 Å². The highest BCUT2D eigenvalue weighted by molar-refractivity contribution is 5.47. The van der Waals surface area contributed by atoms with E-state index in [2.05, 4.69) is 56.0 Å². The molecule has 0 aliphatic carbocycles. The maximum Gasteiger partial charge on any atom is 0.213 e. The Morgan fingerprint density at radius 3 is 2.53 bits per heavy atom. The normalized spacial score (nSPS) is 11.4. The van der Waals surface area contributed by atoms with Crippen LogP contribution >= 0.6 is 0 Å². The lowest BCUT2D eigenvalue weighted by atomic mass is 9.96. The predicted octanol–water partition coefficient (Wildman–Crippen LogP) is 1.81. The lowest BCUT2D eigenvalue weighted by molar-refractivity contribution is 0.411. The van der Waals surface area contributed by atoms with Gasteiger partial charge in [0, 0.05) is 18.5 Å². The van der Waals surface area contributed by atoms with Gasteiger partial charge in [0.25, 0.3) is 0 Å².